The van der Waals surface area contributed by atoms with Crippen molar-refractivity contribution in [2.75, 3.05) is 0 Å². The van der Waals surface area contributed by atoms with Crippen molar-refractivity contribution in [3.63, 3.8) is 0 Å². The number of hydrogen-bond donors (Lipinski definition) is 3. The van der Waals surface area contributed by atoms with Gasteiger partial charge in [-0.3, -0.25) is 4.79 Å². The zero-order chi connectivity index (χ0) is 13.5. The van der Waals surface area contributed by atoms with Crippen LogP contribution in [0.15, 0.2) is 29.4 Å². The Morgan fingerprint density at radius 2 is 2.00 bits per heavy atom. The highest BCUT2D eigenvalue weighted by molar-refractivity contribution is 5.98. The highest BCUT2D eigenvalue weighted by atomic mass is 16.4. The van der Waals surface area contributed by atoms with Crippen LogP contribution in [0.5, 0.6) is 0 Å². The predicted octanol–water partition coefficient (Wildman–Crippen LogP) is 1.50. The summed E-state index contributed by atoms with van der Waals surface area (Å²) >= 11 is 0. The SMILES string of the molecule is CCc1ccc(C(=O)NC(CC)/C(N)=N/O)cc1. The van der Waals surface area contributed by atoms with Crippen molar-refractivity contribution in [2.24, 2.45) is 10.9 Å². The second kappa shape index (κ2) is 6.64. The number of amidine groups is 1. The maximum atomic E-state index is 11.9. The van der Waals surface area contributed by atoms with Crippen molar-refractivity contribution in [3.8, 4) is 0 Å². The fourth-order valence-electron chi connectivity index (χ4n) is 1.59. The molecule has 0 aliphatic carbocycles. The molecule has 5 heteroatoms. The predicted molar refractivity (Wildman–Crippen MR) is 70.8 cm³/mol. The quantitative estimate of drug-likeness (QED) is 0.320. The molecule has 4 N–H and O–H groups in total. The van der Waals surface area contributed by atoms with E-state index in [0.717, 1.165) is 6.42 Å². The average molecular weight is 249 g/mol. The van der Waals surface area contributed by atoms with E-state index in [1.54, 1.807) is 12.1 Å². The van der Waals surface area contributed by atoms with Gasteiger partial charge in [-0.2, -0.15) is 0 Å². The lowest BCUT2D eigenvalue weighted by Crippen LogP contribution is -2.44. The van der Waals surface area contributed by atoms with Gasteiger partial charge in [0, 0.05) is 5.56 Å². The Bertz CT molecular complexity index is 426. The smallest absolute Gasteiger partial charge is 0.251 e. The number of nitrogens with one attached hydrogen (secondary N) is 1. The third-order valence-corrected chi connectivity index (χ3v) is 2.81. The molecular formula is C13H19N3O2. The zero-order valence-electron chi connectivity index (χ0n) is 10.7. The normalized spacial score (nSPS) is 13.1. The molecule has 0 radical (unpaired) electrons. The molecule has 0 aliphatic rings. The van der Waals surface area contributed by atoms with Crippen LogP contribution >= 0.6 is 0 Å². The van der Waals surface area contributed by atoms with Gasteiger partial charge in [0.25, 0.3) is 5.91 Å². The summed E-state index contributed by atoms with van der Waals surface area (Å²) in [7, 11) is 0. The molecule has 18 heavy (non-hydrogen) atoms. The third kappa shape index (κ3) is 3.48. The summed E-state index contributed by atoms with van der Waals surface area (Å²) in [5.74, 6) is -0.216. The van der Waals surface area contributed by atoms with E-state index in [-0.39, 0.29) is 11.7 Å². The first-order valence-corrected chi connectivity index (χ1v) is 5.99. The van der Waals surface area contributed by atoms with Gasteiger partial charge in [-0.1, -0.05) is 31.1 Å². The summed E-state index contributed by atoms with van der Waals surface area (Å²) < 4.78 is 0. The molecule has 0 bridgehead atoms. The maximum absolute atomic E-state index is 11.9. The minimum atomic E-state index is -0.451. The van der Waals surface area contributed by atoms with Crippen molar-refractivity contribution in [2.45, 2.75) is 32.7 Å². The second-order valence-electron chi connectivity index (χ2n) is 4.01. The van der Waals surface area contributed by atoms with E-state index in [4.69, 9.17) is 10.9 Å². The largest absolute Gasteiger partial charge is 0.409 e. The van der Waals surface area contributed by atoms with Gasteiger partial charge in [0.15, 0.2) is 5.84 Å². The molecule has 1 rings (SSSR count). The number of benzene rings is 1. The Balaban J connectivity index is 2.74. The Morgan fingerprint density at radius 1 is 1.39 bits per heavy atom. The summed E-state index contributed by atoms with van der Waals surface area (Å²) in [6.45, 7) is 3.91. The Kier molecular flexibility index (Phi) is 5.17. The van der Waals surface area contributed by atoms with Crippen LogP contribution in [0.4, 0.5) is 0 Å². The summed E-state index contributed by atoms with van der Waals surface area (Å²) in [4.78, 5) is 11.9. The first kappa shape index (κ1) is 14.0. The van der Waals surface area contributed by atoms with Gasteiger partial charge >= 0.3 is 0 Å². The first-order chi connectivity index (χ1) is 8.62. The molecule has 0 aliphatic heterocycles. The van der Waals surface area contributed by atoms with Gasteiger partial charge < -0.3 is 16.3 Å². The molecule has 1 aromatic rings. The topological polar surface area (TPSA) is 87.7 Å². The van der Waals surface area contributed by atoms with E-state index >= 15 is 0 Å². The van der Waals surface area contributed by atoms with Crippen molar-refractivity contribution in [1.29, 1.82) is 0 Å². The van der Waals surface area contributed by atoms with Gasteiger partial charge in [-0.25, -0.2) is 0 Å². The average Bonchev–Trinajstić information content (AvgIpc) is 2.43. The zero-order valence-corrected chi connectivity index (χ0v) is 10.7. The van der Waals surface area contributed by atoms with E-state index in [1.165, 1.54) is 5.56 Å². The lowest BCUT2D eigenvalue weighted by atomic mass is 10.1. The molecule has 1 unspecified atom stereocenters. The van der Waals surface area contributed by atoms with Crippen molar-refractivity contribution in [1.82, 2.24) is 5.32 Å². The van der Waals surface area contributed by atoms with Crippen LogP contribution in [0, 0.1) is 0 Å². The van der Waals surface area contributed by atoms with Crippen LogP contribution in [-0.4, -0.2) is 23.0 Å². The lowest BCUT2D eigenvalue weighted by molar-refractivity contribution is 0.0945. The van der Waals surface area contributed by atoms with Gasteiger partial charge in [0.2, 0.25) is 0 Å². The molecule has 0 saturated heterocycles. The van der Waals surface area contributed by atoms with Crippen molar-refractivity contribution < 1.29 is 10.0 Å². The molecule has 1 amide bonds. The van der Waals surface area contributed by atoms with Crippen LogP contribution < -0.4 is 11.1 Å². The minimum Gasteiger partial charge on any atom is -0.409 e. The maximum Gasteiger partial charge on any atom is 0.251 e. The molecule has 1 atom stereocenters. The number of hydrogen-bond acceptors (Lipinski definition) is 3. The molecular weight excluding hydrogens is 230 g/mol. The highest BCUT2D eigenvalue weighted by Crippen LogP contribution is 2.05. The third-order valence-electron chi connectivity index (χ3n) is 2.81. The molecule has 0 saturated carbocycles. The Labute approximate surface area is 107 Å². The Morgan fingerprint density at radius 3 is 2.44 bits per heavy atom. The van der Waals surface area contributed by atoms with Gasteiger partial charge in [0.1, 0.15) is 0 Å². The molecule has 1 aromatic carbocycles. The number of amides is 1. The monoisotopic (exact) mass is 249 g/mol. The Hall–Kier alpha value is -2.04. The van der Waals surface area contributed by atoms with E-state index in [0.29, 0.717) is 12.0 Å². The number of nitrogens with two attached hydrogens (primary N) is 1. The van der Waals surface area contributed by atoms with E-state index in [9.17, 15) is 4.79 Å². The van der Waals surface area contributed by atoms with Crippen molar-refractivity contribution >= 4 is 11.7 Å². The number of aryl methyl sites for hydroxylation is 1. The van der Waals surface area contributed by atoms with Crippen LogP contribution in [-0.2, 0) is 6.42 Å². The van der Waals surface area contributed by atoms with Gasteiger partial charge in [0.05, 0.1) is 6.04 Å². The van der Waals surface area contributed by atoms with Crippen LogP contribution in [0.3, 0.4) is 0 Å². The number of carbonyl (C=O) groups excluding carboxylic acids is 1. The summed E-state index contributed by atoms with van der Waals surface area (Å²) in [6, 6.07) is 6.92. The highest BCUT2D eigenvalue weighted by Gasteiger charge is 2.15. The van der Waals surface area contributed by atoms with Crippen LogP contribution in [0.2, 0.25) is 0 Å². The standard InChI is InChI=1S/C13H19N3O2/c1-3-9-5-7-10(8-6-9)13(17)15-11(4-2)12(14)16-18/h5-8,11,18H,3-4H2,1-2H3,(H2,14,16)(H,15,17). The molecule has 0 spiro atoms. The molecule has 98 valence electrons. The molecule has 0 fully saturated rings. The summed E-state index contributed by atoms with van der Waals surface area (Å²) in [5.41, 5.74) is 7.23. The van der Waals surface area contributed by atoms with Crippen LogP contribution in [0.25, 0.3) is 0 Å². The second-order valence-corrected chi connectivity index (χ2v) is 4.01. The molecule has 0 aromatic heterocycles. The van der Waals surface area contributed by atoms with E-state index in [2.05, 4.69) is 17.4 Å². The fourth-order valence-corrected chi connectivity index (χ4v) is 1.59. The van der Waals surface area contributed by atoms with Gasteiger partial charge in [-0.05, 0) is 30.5 Å². The van der Waals surface area contributed by atoms with Crippen molar-refractivity contribution in [3.05, 3.63) is 35.4 Å². The number of carbonyl (C=O) groups is 1. The van der Waals surface area contributed by atoms with Gasteiger partial charge in [-0.15, -0.1) is 0 Å². The number of rotatable bonds is 5. The van der Waals surface area contributed by atoms with Crippen LogP contribution in [0.1, 0.15) is 36.2 Å². The lowest BCUT2D eigenvalue weighted by Gasteiger charge is -2.15. The molecule has 5 nitrogen and oxygen atoms in total. The van der Waals surface area contributed by atoms with E-state index < -0.39 is 6.04 Å². The van der Waals surface area contributed by atoms with E-state index in [1.807, 2.05) is 19.1 Å². The summed E-state index contributed by atoms with van der Waals surface area (Å²) in [6.07, 6.45) is 1.50. The fraction of sp³-hybridized carbons (Fsp3) is 0.385. The first-order valence-electron chi connectivity index (χ1n) is 5.99. The number of nitrogens with zero attached hydrogens (tertiary/aromatic N) is 1. The molecule has 0 heterocycles. The number of oxime groups is 1. The summed E-state index contributed by atoms with van der Waals surface area (Å²) in [5, 5.41) is 14.2. The minimum absolute atomic E-state index is 0.0102.